The van der Waals surface area contributed by atoms with Crippen LogP contribution in [-0.4, -0.2) is 42.5 Å². The predicted molar refractivity (Wildman–Crippen MR) is 72.6 cm³/mol. The first-order chi connectivity index (χ1) is 9.43. The predicted octanol–water partition coefficient (Wildman–Crippen LogP) is -1.98. The molecule has 1 heterocycles. The Labute approximate surface area is 115 Å². The molecule has 0 saturated carbocycles. The molecular formula is C11H18N6O3. The number of amides is 1. The van der Waals surface area contributed by atoms with Crippen LogP contribution in [0.3, 0.4) is 0 Å². The Morgan fingerprint density at radius 3 is 2.75 bits per heavy atom. The van der Waals surface area contributed by atoms with Crippen molar-refractivity contribution in [3.63, 3.8) is 0 Å². The van der Waals surface area contributed by atoms with Gasteiger partial charge in [-0.05, 0) is 12.1 Å². The Balaban J connectivity index is 2.47. The third-order valence-corrected chi connectivity index (χ3v) is 2.39. The summed E-state index contributed by atoms with van der Waals surface area (Å²) in [7, 11) is 1.27. The maximum atomic E-state index is 11.5. The number of methoxy groups -OCH3 is 1. The van der Waals surface area contributed by atoms with Crippen molar-refractivity contribution in [3.8, 4) is 0 Å². The van der Waals surface area contributed by atoms with Crippen molar-refractivity contribution in [3.05, 3.63) is 23.5 Å². The lowest BCUT2D eigenvalue weighted by atomic mass is 10.3. The van der Waals surface area contributed by atoms with Crippen LogP contribution in [0, 0.1) is 0 Å². The molecule has 1 amide bonds. The zero-order valence-corrected chi connectivity index (χ0v) is 11.1. The molecule has 0 radical (unpaired) electrons. The molecule has 110 valence electrons. The molecule has 1 aromatic heterocycles. The van der Waals surface area contributed by atoms with Crippen LogP contribution in [0.15, 0.2) is 17.1 Å². The van der Waals surface area contributed by atoms with Crippen molar-refractivity contribution in [2.45, 2.75) is 12.6 Å². The van der Waals surface area contributed by atoms with Crippen LogP contribution in [0.2, 0.25) is 0 Å². The van der Waals surface area contributed by atoms with Gasteiger partial charge in [0.2, 0.25) is 0 Å². The Bertz CT molecular complexity index is 506. The van der Waals surface area contributed by atoms with E-state index in [0.717, 1.165) is 5.69 Å². The third-order valence-electron chi connectivity index (χ3n) is 2.39. The highest BCUT2D eigenvalue weighted by atomic mass is 16.5. The van der Waals surface area contributed by atoms with Gasteiger partial charge in [0.15, 0.2) is 5.96 Å². The van der Waals surface area contributed by atoms with Gasteiger partial charge in [0.25, 0.3) is 5.91 Å². The maximum absolute atomic E-state index is 11.5. The quantitative estimate of drug-likeness (QED) is 0.229. The van der Waals surface area contributed by atoms with Crippen molar-refractivity contribution in [2.24, 2.45) is 22.2 Å². The number of nitrogens with one attached hydrogen (secondary N) is 2. The number of aromatic nitrogens is 1. The minimum absolute atomic E-state index is 0.253. The van der Waals surface area contributed by atoms with E-state index < -0.39 is 17.9 Å². The first-order valence-corrected chi connectivity index (χ1v) is 5.80. The standard InChI is InChI=1S/C11H18N6O3/c1-20-10(19)7(12)5-15-4-6-2-3-8(16-6)9(18)17-11(13)14/h2-3,7,15-16H,4-5,12H2,1H3,(H4,13,14,17,18)/t7-/m0/s1. The van der Waals surface area contributed by atoms with E-state index in [0.29, 0.717) is 6.54 Å². The number of carbonyl (C=O) groups is 2. The molecule has 1 atom stereocenters. The highest BCUT2D eigenvalue weighted by Gasteiger charge is 2.13. The molecule has 8 N–H and O–H groups in total. The zero-order valence-electron chi connectivity index (χ0n) is 11.1. The molecule has 0 fully saturated rings. The number of esters is 1. The summed E-state index contributed by atoms with van der Waals surface area (Å²) < 4.78 is 4.49. The van der Waals surface area contributed by atoms with Crippen LogP contribution < -0.4 is 22.5 Å². The lowest BCUT2D eigenvalue weighted by molar-refractivity contribution is -0.142. The molecule has 0 spiro atoms. The van der Waals surface area contributed by atoms with Crippen molar-refractivity contribution < 1.29 is 14.3 Å². The average molecular weight is 282 g/mol. The highest BCUT2D eigenvalue weighted by molar-refractivity contribution is 6.00. The molecule has 0 aliphatic rings. The normalized spacial score (nSPS) is 11.7. The van der Waals surface area contributed by atoms with E-state index in [9.17, 15) is 9.59 Å². The fourth-order valence-corrected chi connectivity index (χ4v) is 1.44. The Morgan fingerprint density at radius 1 is 1.45 bits per heavy atom. The van der Waals surface area contributed by atoms with Crippen LogP contribution in [0.5, 0.6) is 0 Å². The van der Waals surface area contributed by atoms with Crippen molar-refractivity contribution in [1.82, 2.24) is 10.3 Å². The highest BCUT2D eigenvalue weighted by Crippen LogP contribution is 2.03. The molecule has 0 unspecified atom stereocenters. The second-order valence-electron chi connectivity index (χ2n) is 4.00. The molecule has 1 rings (SSSR count). The summed E-state index contributed by atoms with van der Waals surface area (Å²) in [4.78, 5) is 28.8. The van der Waals surface area contributed by atoms with E-state index in [1.54, 1.807) is 12.1 Å². The SMILES string of the molecule is COC(=O)[C@@H](N)CNCc1ccc(C(=O)N=C(N)N)[nH]1. The van der Waals surface area contributed by atoms with Crippen LogP contribution in [0.25, 0.3) is 0 Å². The second-order valence-corrected chi connectivity index (χ2v) is 4.00. The number of nitrogens with two attached hydrogens (primary N) is 3. The number of guanidine groups is 1. The maximum Gasteiger partial charge on any atom is 0.323 e. The molecule has 1 aromatic rings. The Hall–Kier alpha value is -2.39. The van der Waals surface area contributed by atoms with Gasteiger partial charge in [0.05, 0.1) is 7.11 Å². The van der Waals surface area contributed by atoms with Gasteiger partial charge in [-0.15, -0.1) is 0 Å². The van der Waals surface area contributed by atoms with E-state index >= 15 is 0 Å². The molecule has 0 aliphatic carbocycles. The van der Waals surface area contributed by atoms with Crippen molar-refractivity contribution in [2.75, 3.05) is 13.7 Å². The van der Waals surface area contributed by atoms with Gasteiger partial charge in [-0.3, -0.25) is 9.59 Å². The first kappa shape index (κ1) is 15.7. The first-order valence-electron chi connectivity index (χ1n) is 5.80. The minimum atomic E-state index is -0.738. The van der Waals surface area contributed by atoms with Crippen LogP contribution in [0.1, 0.15) is 16.2 Å². The van der Waals surface area contributed by atoms with E-state index in [4.69, 9.17) is 17.2 Å². The second kappa shape index (κ2) is 7.26. The fourth-order valence-electron chi connectivity index (χ4n) is 1.44. The number of aliphatic imine (C=N–C) groups is 1. The zero-order chi connectivity index (χ0) is 15.1. The van der Waals surface area contributed by atoms with Crippen LogP contribution in [0.4, 0.5) is 0 Å². The largest absolute Gasteiger partial charge is 0.468 e. The number of hydrogen-bond donors (Lipinski definition) is 5. The molecular weight excluding hydrogens is 264 g/mol. The van der Waals surface area contributed by atoms with Gasteiger partial charge in [-0.1, -0.05) is 0 Å². The molecule has 0 bridgehead atoms. The molecule has 20 heavy (non-hydrogen) atoms. The van der Waals surface area contributed by atoms with Gasteiger partial charge in [-0.2, -0.15) is 4.99 Å². The van der Waals surface area contributed by atoms with E-state index in [1.165, 1.54) is 7.11 Å². The van der Waals surface area contributed by atoms with Gasteiger partial charge in [0.1, 0.15) is 11.7 Å². The number of aromatic amines is 1. The lowest BCUT2D eigenvalue weighted by Crippen LogP contribution is -2.40. The summed E-state index contributed by atoms with van der Waals surface area (Å²) in [6.45, 7) is 0.655. The number of H-pyrrole nitrogens is 1. The molecule has 9 nitrogen and oxygen atoms in total. The molecule has 9 heteroatoms. The fraction of sp³-hybridized carbons (Fsp3) is 0.364. The number of hydrogen-bond acceptors (Lipinski definition) is 5. The monoisotopic (exact) mass is 282 g/mol. The van der Waals surface area contributed by atoms with Crippen molar-refractivity contribution >= 4 is 17.8 Å². The number of carbonyl (C=O) groups excluding carboxylic acids is 2. The summed E-state index contributed by atoms with van der Waals surface area (Å²) in [6, 6.07) is 2.52. The van der Waals surface area contributed by atoms with Gasteiger partial charge >= 0.3 is 5.97 Å². The summed E-state index contributed by atoms with van der Waals surface area (Å²) >= 11 is 0. The molecule has 0 aromatic carbocycles. The number of ether oxygens (including phenoxy) is 1. The van der Waals surface area contributed by atoms with Gasteiger partial charge in [0, 0.05) is 18.8 Å². The topological polar surface area (TPSA) is 162 Å². The van der Waals surface area contributed by atoms with E-state index in [-0.39, 0.29) is 18.2 Å². The summed E-state index contributed by atoms with van der Waals surface area (Å²) in [5.74, 6) is -1.34. The smallest absolute Gasteiger partial charge is 0.323 e. The lowest BCUT2D eigenvalue weighted by Gasteiger charge is -2.09. The molecule has 0 aliphatic heterocycles. The number of rotatable bonds is 6. The molecule has 0 saturated heterocycles. The minimum Gasteiger partial charge on any atom is -0.468 e. The number of nitrogens with zero attached hydrogens (tertiary/aromatic N) is 1. The summed E-state index contributed by atoms with van der Waals surface area (Å²) in [5, 5.41) is 2.96. The van der Waals surface area contributed by atoms with Crippen LogP contribution >= 0.6 is 0 Å². The summed E-state index contributed by atoms with van der Waals surface area (Å²) in [6.07, 6.45) is 0. The average Bonchev–Trinajstić information content (AvgIpc) is 2.85. The van der Waals surface area contributed by atoms with E-state index in [1.807, 2.05) is 0 Å². The third kappa shape index (κ3) is 4.71. The summed E-state index contributed by atoms with van der Waals surface area (Å²) in [5.41, 5.74) is 16.8. The van der Waals surface area contributed by atoms with Gasteiger partial charge in [-0.25, -0.2) is 0 Å². The van der Waals surface area contributed by atoms with Crippen molar-refractivity contribution in [1.29, 1.82) is 0 Å². The van der Waals surface area contributed by atoms with Crippen LogP contribution in [-0.2, 0) is 16.1 Å². The van der Waals surface area contributed by atoms with Gasteiger partial charge < -0.3 is 32.2 Å². The Kier molecular flexibility index (Phi) is 5.69. The van der Waals surface area contributed by atoms with E-state index in [2.05, 4.69) is 20.0 Å². The Morgan fingerprint density at radius 2 is 2.15 bits per heavy atom.